The third-order valence-corrected chi connectivity index (χ3v) is 3.70. The second kappa shape index (κ2) is 5.43. The first-order chi connectivity index (χ1) is 7.86. The number of hydrogen-bond acceptors (Lipinski definition) is 3. The van der Waals surface area contributed by atoms with Gasteiger partial charge in [-0.25, -0.2) is 0 Å². The van der Waals surface area contributed by atoms with Gasteiger partial charge in [0.05, 0.1) is 12.6 Å². The van der Waals surface area contributed by atoms with E-state index in [4.69, 9.17) is 4.74 Å². The molecule has 2 rings (SSSR count). The van der Waals surface area contributed by atoms with Crippen molar-refractivity contribution in [2.24, 2.45) is 0 Å². The molecule has 16 heavy (non-hydrogen) atoms. The Bertz CT molecular complexity index is 452. The highest BCUT2D eigenvalue weighted by Gasteiger charge is 2.12. The molecule has 1 heterocycles. The second-order valence-corrected chi connectivity index (χ2v) is 4.60. The van der Waals surface area contributed by atoms with Gasteiger partial charge in [-0.3, -0.25) is 0 Å². The zero-order valence-corrected chi connectivity index (χ0v) is 10.5. The molecule has 2 aromatic rings. The number of thiophene rings is 1. The van der Waals surface area contributed by atoms with Gasteiger partial charge in [-0.2, -0.15) is 0 Å². The first kappa shape index (κ1) is 11.6. The topological polar surface area (TPSA) is 21.3 Å². The fourth-order valence-corrected chi connectivity index (χ4v) is 2.82. The van der Waals surface area contributed by atoms with E-state index in [9.17, 15) is 0 Å². The lowest BCUT2D eigenvalue weighted by Crippen LogP contribution is -2.21. The normalized spacial score (nSPS) is 13.1. The molecule has 0 aliphatic carbocycles. The van der Waals surface area contributed by atoms with E-state index >= 15 is 0 Å². The van der Waals surface area contributed by atoms with Gasteiger partial charge < -0.3 is 10.1 Å². The van der Waals surface area contributed by atoms with Crippen molar-refractivity contribution < 1.29 is 4.74 Å². The van der Waals surface area contributed by atoms with Gasteiger partial charge in [-0.05, 0) is 36.4 Å². The van der Waals surface area contributed by atoms with Crippen LogP contribution >= 0.6 is 11.3 Å². The minimum Gasteiger partial charge on any atom is -0.380 e. The Labute approximate surface area is 100 Å². The molecule has 0 radical (unpaired) electrons. The van der Waals surface area contributed by atoms with Gasteiger partial charge in [0.25, 0.3) is 0 Å². The number of nitrogens with one attached hydrogen (secondary N) is 1. The molecule has 1 N–H and O–H groups in total. The number of fused-ring (bicyclic) bond motifs is 1. The molecule has 1 aromatic heterocycles. The molecule has 1 atom stereocenters. The highest BCUT2D eigenvalue weighted by molar-refractivity contribution is 7.17. The van der Waals surface area contributed by atoms with Crippen molar-refractivity contribution in [2.45, 2.75) is 13.0 Å². The van der Waals surface area contributed by atoms with E-state index in [1.54, 1.807) is 11.3 Å². The zero-order chi connectivity index (χ0) is 11.4. The average Bonchev–Trinajstić information content (AvgIpc) is 2.78. The average molecular weight is 235 g/mol. The van der Waals surface area contributed by atoms with Crippen LogP contribution in [0.2, 0.25) is 0 Å². The van der Waals surface area contributed by atoms with Gasteiger partial charge in [0.15, 0.2) is 0 Å². The first-order valence-electron chi connectivity index (χ1n) is 5.58. The van der Waals surface area contributed by atoms with Gasteiger partial charge in [0, 0.05) is 11.3 Å². The largest absolute Gasteiger partial charge is 0.380 e. The van der Waals surface area contributed by atoms with Crippen LogP contribution in [0.15, 0.2) is 29.6 Å². The summed E-state index contributed by atoms with van der Waals surface area (Å²) in [7, 11) is 1.98. The molecule has 0 saturated heterocycles. The Balaban J connectivity index is 2.32. The number of hydrogen-bond donors (Lipinski definition) is 1. The number of ether oxygens (including phenoxy) is 1. The molecule has 0 aliphatic rings. The first-order valence-corrected chi connectivity index (χ1v) is 6.46. The van der Waals surface area contributed by atoms with Crippen LogP contribution in [0.1, 0.15) is 18.5 Å². The van der Waals surface area contributed by atoms with Crippen LogP contribution in [0.5, 0.6) is 0 Å². The summed E-state index contributed by atoms with van der Waals surface area (Å²) < 4.78 is 6.87. The van der Waals surface area contributed by atoms with Crippen LogP contribution in [0.4, 0.5) is 0 Å². The van der Waals surface area contributed by atoms with Gasteiger partial charge in [0.2, 0.25) is 0 Å². The van der Waals surface area contributed by atoms with Gasteiger partial charge in [-0.15, -0.1) is 11.3 Å². The Morgan fingerprint density at radius 3 is 3.00 bits per heavy atom. The van der Waals surface area contributed by atoms with Crippen molar-refractivity contribution >= 4 is 21.4 Å². The van der Waals surface area contributed by atoms with Gasteiger partial charge in [0.1, 0.15) is 0 Å². The monoisotopic (exact) mass is 235 g/mol. The summed E-state index contributed by atoms with van der Waals surface area (Å²) >= 11 is 1.80. The van der Waals surface area contributed by atoms with E-state index in [0.717, 1.165) is 13.2 Å². The van der Waals surface area contributed by atoms with Crippen LogP contribution < -0.4 is 5.32 Å². The highest BCUT2D eigenvalue weighted by Crippen LogP contribution is 2.28. The van der Waals surface area contributed by atoms with Crippen LogP contribution in [-0.2, 0) is 4.74 Å². The van der Waals surface area contributed by atoms with Crippen molar-refractivity contribution in [3.8, 4) is 0 Å². The standard InChI is InChI=1S/C13H17NOS/c1-3-15-9-12(14-2)11-6-4-5-10-7-8-16-13(10)11/h4-8,12,14H,3,9H2,1-2H3. The number of benzene rings is 1. The zero-order valence-electron chi connectivity index (χ0n) is 9.69. The van der Waals surface area contributed by atoms with E-state index in [0.29, 0.717) is 0 Å². The minimum absolute atomic E-state index is 0.280. The van der Waals surface area contributed by atoms with E-state index in [1.807, 2.05) is 14.0 Å². The molecule has 0 bridgehead atoms. The van der Waals surface area contributed by atoms with E-state index in [-0.39, 0.29) is 6.04 Å². The fourth-order valence-electron chi connectivity index (χ4n) is 1.85. The van der Waals surface area contributed by atoms with Crippen molar-refractivity contribution in [3.63, 3.8) is 0 Å². The van der Waals surface area contributed by atoms with E-state index < -0.39 is 0 Å². The summed E-state index contributed by atoms with van der Waals surface area (Å²) in [6, 6.07) is 8.89. The van der Waals surface area contributed by atoms with Gasteiger partial charge in [-0.1, -0.05) is 18.2 Å². The molecule has 0 aliphatic heterocycles. The molecule has 1 unspecified atom stereocenters. The van der Waals surface area contributed by atoms with Crippen LogP contribution in [0.3, 0.4) is 0 Å². The lowest BCUT2D eigenvalue weighted by Gasteiger charge is -2.17. The molecule has 86 valence electrons. The lowest BCUT2D eigenvalue weighted by molar-refractivity contribution is 0.126. The third kappa shape index (κ3) is 2.26. The van der Waals surface area contributed by atoms with Crippen LogP contribution in [-0.4, -0.2) is 20.3 Å². The summed E-state index contributed by atoms with van der Waals surface area (Å²) in [6.45, 7) is 3.51. The Morgan fingerprint density at radius 2 is 2.25 bits per heavy atom. The van der Waals surface area contributed by atoms with Crippen LogP contribution in [0.25, 0.3) is 10.1 Å². The second-order valence-electron chi connectivity index (χ2n) is 3.69. The maximum absolute atomic E-state index is 5.51. The van der Waals surface area contributed by atoms with E-state index in [2.05, 4.69) is 35.0 Å². The lowest BCUT2D eigenvalue weighted by atomic mass is 10.1. The molecular formula is C13H17NOS. The minimum atomic E-state index is 0.280. The molecule has 0 saturated carbocycles. The number of likely N-dealkylation sites (N-methyl/N-ethyl adjacent to an activating group) is 1. The molecule has 2 nitrogen and oxygen atoms in total. The predicted molar refractivity (Wildman–Crippen MR) is 70.1 cm³/mol. The molecule has 0 fully saturated rings. The smallest absolute Gasteiger partial charge is 0.0661 e. The van der Waals surface area contributed by atoms with Crippen molar-refractivity contribution in [2.75, 3.05) is 20.3 Å². The number of rotatable bonds is 5. The van der Waals surface area contributed by atoms with Crippen molar-refractivity contribution in [1.29, 1.82) is 0 Å². The summed E-state index contributed by atoms with van der Waals surface area (Å²) in [5.41, 5.74) is 1.34. The molecule has 3 heteroatoms. The Morgan fingerprint density at radius 1 is 1.38 bits per heavy atom. The molecule has 0 spiro atoms. The summed E-state index contributed by atoms with van der Waals surface area (Å²) in [4.78, 5) is 0. The molecule has 1 aromatic carbocycles. The highest BCUT2D eigenvalue weighted by atomic mass is 32.1. The predicted octanol–water partition coefficient (Wildman–Crippen LogP) is 3.20. The summed E-state index contributed by atoms with van der Waals surface area (Å²) in [5.74, 6) is 0. The Kier molecular flexibility index (Phi) is 3.93. The van der Waals surface area contributed by atoms with E-state index in [1.165, 1.54) is 15.6 Å². The maximum atomic E-state index is 5.51. The fraction of sp³-hybridized carbons (Fsp3) is 0.385. The van der Waals surface area contributed by atoms with Crippen LogP contribution in [0, 0.1) is 0 Å². The summed E-state index contributed by atoms with van der Waals surface area (Å²) in [6.07, 6.45) is 0. The quantitative estimate of drug-likeness (QED) is 0.859. The van der Waals surface area contributed by atoms with Crippen molar-refractivity contribution in [3.05, 3.63) is 35.2 Å². The SMILES string of the molecule is CCOCC(NC)c1cccc2ccsc12. The summed E-state index contributed by atoms with van der Waals surface area (Å²) in [5, 5.41) is 6.78. The van der Waals surface area contributed by atoms with Gasteiger partial charge >= 0.3 is 0 Å². The molecular weight excluding hydrogens is 218 g/mol. The molecule has 0 amide bonds. The Hall–Kier alpha value is -0.900. The van der Waals surface area contributed by atoms with Crippen molar-refractivity contribution in [1.82, 2.24) is 5.32 Å². The maximum Gasteiger partial charge on any atom is 0.0661 e. The third-order valence-electron chi connectivity index (χ3n) is 2.72.